The van der Waals surface area contributed by atoms with Crippen LogP contribution in [-0.4, -0.2) is 62.3 Å². The normalized spacial score (nSPS) is 14.4. The molecular weight excluding hydrogens is 436 g/mol. The van der Waals surface area contributed by atoms with Crippen molar-refractivity contribution in [2.24, 2.45) is 0 Å². The van der Waals surface area contributed by atoms with E-state index in [4.69, 9.17) is 4.74 Å². The van der Waals surface area contributed by atoms with Gasteiger partial charge in [0.1, 0.15) is 11.4 Å². The highest BCUT2D eigenvalue weighted by Crippen LogP contribution is 2.27. The van der Waals surface area contributed by atoms with Crippen LogP contribution in [0.1, 0.15) is 10.4 Å². The van der Waals surface area contributed by atoms with Gasteiger partial charge in [-0.15, -0.1) is 5.10 Å². The number of nitrogens with one attached hydrogen (secondary N) is 1. The van der Waals surface area contributed by atoms with Gasteiger partial charge in [-0.2, -0.15) is 5.10 Å². The third-order valence-electron chi connectivity index (χ3n) is 4.94. The summed E-state index contributed by atoms with van der Waals surface area (Å²) in [4.78, 5) is 14.4. The van der Waals surface area contributed by atoms with E-state index in [1.807, 2.05) is 53.6 Å². The molecule has 9 heteroatoms. The Morgan fingerprint density at radius 2 is 1.90 bits per heavy atom. The predicted octanol–water partition coefficient (Wildman–Crippen LogP) is 3.05. The van der Waals surface area contributed by atoms with Gasteiger partial charge in [0, 0.05) is 28.5 Å². The summed E-state index contributed by atoms with van der Waals surface area (Å²) in [6, 6.07) is 13.3. The van der Waals surface area contributed by atoms with Crippen molar-refractivity contribution in [1.82, 2.24) is 30.1 Å². The van der Waals surface area contributed by atoms with Crippen LogP contribution in [-0.2, 0) is 4.74 Å². The lowest BCUT2D eigenvalue weighted by Gasteiger charge is -2.26. The first-order valence-corrected chi connectivity index (χ1v) is 10.0. The molecule has 1 saturated heterocycles. The fourth-order valence-corrected chi connectivity index (χ4v) is 3.75. The number of fused-ring (bicyclic) bond motifs is 1. The molecule has 8 nitrogen and oxygen atoms in total. The van der Waals surface area contributed by atoms with E-state index in [0.29, 0.717) is 37.6 Å². The number of H-pyrrole nitrogens is 1. The highest BCUT2D eigenvalue weighted by molar-refractivity contribution is 9.10. The van der Waals surface area contributed by atoms with E-state index in [2.05, 4.69) is 36.4 Å². The zero-order chi connectivity index (χ0) is 19.8. The average molecular weight is 453 g/mol. The molecule has 0 atom stereocenters. The van der Waals surface area contributed by atoms with Gasteiger partial charge in [0.05, 0.1) is 30.6 Å². The Morgan fingerprint density at radius 3 is 2.69 bits per heavy atom. The largest absolute Gasteiger partial charge is 0.378 e. The molecule has 146 valence electrons. The minimum atomic E-state index is 0.0216. The summed E-state index contributed by atoms with van der Waals surface area (Å²) < 4.78 is 7.97. The minimum absolute atomic E-state index is 0.0216. The van der Waals surface area contributed by atoms with Crippen molar-refractivity contribution in [2.75, 3.05) is 26.3 Å². The molecule has 1 amide bonds. The Kier molecular flexibility index (Phi) is 4.61. The molecule has 2 aromatic heterocycles. The van der Waals surface area contributed by atoms with E-state index in [1.165, 1.54) is 0 Å². The lowest BCUT2D eigenvalue weighted by Crippen LogP contribution is -2.40. The Bertz CT molecular complexity index is 1180. The van der Waals surface area contributed by atoms with Gasteiger partial charge in [0.25, 0.3) is 5.91 Å². The first kappa shape index (κ1) is 18.0. The van der Waals surface area contributed by atoms with E-state index in [9.17, 15) is 4.79 Å². The van der Waals surface area contributed by atoms with E-state index in [0.717, 1.165) is 26.8 Å². The van der Waals surface area contributed by atoms with Crippen molar-refractivity contribution in [1.29, 1.82) is 0 Å². The number of aromatic nitrogens is 5. The number of ether oxygens (including phenoxy) is 1. The van der Waals surface area contributed by atoms with Crippen LogP contribution in [0.15, 0.2) is 53.1 Å². The van der Waals surface area contributed by atoms with E-state index >= 15 is 0 Å². The summed E-state index contributed by atoms with van der Waals surface area (Å²) in [5.74, 6) is 0.0216. The summed E-state index contributed by atoms with van der Waals surface area (Å²) in [5, 5.41) is 16.9. The monoisotopic (exact) mass is 452 g/mol. The van der Waals surface area contributed by atoms with Crippen LogP contribution in [0.5, 0.6) is 0 Å². The number of carbonyl (C=O) groups excluding carboxylic acids is 1. The number of halogens is 1. The zero-order valence-corrected chi connectivity index (χ0v) is 17.0. The summed E-state index contributed by atoms with van der Waals surface area (Å²) in [7, 11) is 0. The van der Waals surface area contributed by atoms with Gasteiger partial charge in [0.2, 0.25) is 0 Å². The fourth-order valence-electron chi connectivity index (χ4n) is 3.39. The molecule has 5 rings (SSSR count). The number of amides is 1. The van der Waals surface area contributed by atoms with Gasteiger partial charge in [-0.3, -0.25) is 9.89 Å². The number of morpholine rings is 1. The minimum Gasteiger partial charge on any atom is -0.378 e. The topological polar surface area (TPSA) is 88.9 Å². The first-order valence-electron chi connectivity index (χ1n) is 9.23. The highest BCUT2D eigenvalue weighted by atomic mass is 79.9. The third-order valence-corrected chi connectivity index (χ3v) is 5.43. The summed E-state index contributed by atoms with van der Waals surface area (Å²) >= 11 is 3.46. The maximum Gasteiger partial charge on any atom is 0.254 e. The molecule has 0 aliphatic carbocycles. The Morgan fingerprint density at radius 1 is 1.10 bits per heavy atom. The van der Waals surface area contributed by atoms with Crippen LogP contribution >= 0.6 is 15.9 Å². The van der Waals surface area contributed by atoms with E-state index in [1.54, 1.807) is 4.68 Å². The Balaban J connectivity index is 1.39. The maximum atomic E-state index is 12.6. The third kappa shape index (κ3) is 3.43. The lowest BCUT2D eigenvalue weighted by molar-refractivity contribution is 0.0303. The van der Waals surface area contributed by atoms with Crippen LogP contribution in [0.25, 0.3) is 28.0 Å². The summed E-state index contributed by atoms with van der Waals surface area (Å²) in [5.41, 5.74) is 3.82. The smallest absolute Gasteiger partial charge is 0.254 e. The summed E-state index contributed by atoms with van der Waals surface area (Å²) in [6.07, 6.45) is 1.83. The molecule has 1 fully saturated rings. The van der Waals surface area contributed by atoms with Crippen molar-refractivity contribution in [3.63, 3.8) is 0 Å². The molecule has 2 aromatic carbocycles. The standard InChI is InChI=1S/C20H17BrN6O2/c21-14-3-6-16-17(11-14)22-24-19(16)18-12-27(25-23-18)15-4-1-13(2-5-15)20(28)26-7-9-29-10-8-26/h1-6,11-12H,7-10H2,(H,22,24). The number of nitrogens with zero attached hydrogens (tertiary/aromatic N) is 5. The second-order valence-electron chi connectivity index (χ2n) is 6.76. The van der Waals surface area contributed by atoms with Crippen LogP contribution in [0.2, 0.25) is 0 Å². The molecule has 0 bridgehead atoms. The SMILES string of the molecule is O=C(c1ccc(-n2cc(-c3n[nH]c4cc(Br)ccc34)nn2)cc1)N1CCOCC1. The van der Waals surface area contributed by atoms with E-state index < -0.39 is 0 Å². The zero-order valence-electron chi connectivity index (χ0n) is 15.4. The van der Waals surface area contributed by atoms with Gasteiger partial charge in [-0.1, -0.05) is 21.1 Å². The number of hydrogen-bond acceptors (Lipinski definition) is 5. The van der Waals surface area contributed by atoms with Crippen molar-refractivity contribution in [3.8, 4) is 17.1 Å². The quantitative estimate of drug-likeness (QED) is 0.515. The first-order chi connectivity index (χ1) is 14.2. The van der Waals surface area contributed by atoms with Gasteiger partial charge in [-0.25, -0.2) is 4.68 Å². The van der Waals surface area contributed by atoms with Crippen molar-refractivity contribution < 1.29 is 9.53 Å². The van der Waals surface area contributed by atoms with Crippen LogP contribution < -0.4 is 0 Å². The molecule has 1 aliphatic rings. The Labute approximate surface area is 174 Å². The second kappa shape index (κ2) is 7.41. The molecule has 0 radical (unpaired) electrons. The van der Waals surface area contributed by atoms with Gasteiger partial charge in [0.15, 0.2) is 0 Å². The molecule has 1 N–H and O–H groups in total. The molecule has 0 spiro atoms. The number of benzene rings is 2. The Hall–Kier alpha value is -3.04. The number of aromatic amines is 1. The average Bonchev–Trinajstić information content (AvgIpc) is 3.40. The van der Waals surface area contributed by atoms with Crippen molar-refractivity contribution in [2.45, 2.75) is 0 Å². The number of carbonyl (C=O) groups is 1. The highest BCUT2D eigenvalue weighted by Gasteiger charge is 2.18. The fraction of sp³-hybridized carbons (Fsp3) is 0.200. The second-order valence-corrected chi connectivity index (χ2v) is 7.68. The molecule has 0 saturated carbocycles. The molecule has 29 heavy (non-hydrogen) atoms. The maximum absolute atomic E-state index is 12.6. The van der Waals surface area contributed by atoms with Crippen LogP contribution in [0, 0.1) is 0 Å². The van der Waals surface area contributed by atoms with Crippen molar-refractivity contribution >= 4 is 32.7 Å². The number of hydrogen-bond donors (Lipinski definition) is 1. The van der Waals surface area contributed by atoms with Gasteiger partial charge < -0.3 is 9.64 Å². The number of rotatable bonds is 3. The predicted molar refractivity (Wildman–Crippen MR) is 111 cm³/mol. The molecule has 0 unspecified atom stereocenters. The van der Waals surface area contributed by atoms with Gasteiger partial charge >= 0.3 is 0 Å². The lowest BCUT2D eigenvalue weighted by atomic mass is 10.1. The van der Waals surface area contributed by atoms with Crippen LogP contribution in [0.4, 0.5) is 0 Å². The van der Waals surface area contributed by atoms with Crippen LogP contribution in [0.3, 0.4) is 0 Å². The molecule has 1 aliphatic heterocycles. The molecule has 3 heterocycles. The summed E-state index contributed by atoms with van der Waals surface area (Å²) in [6.45, 7) is 2.43. The molecular formula is C20H17BrN6O2. The van der Waals surface area contributed by atoms with Gasteiger partial charge in [-0.05, 0) is 42.5 Å². The van der Waals surface area contributed by atoms with Crippen molar-refractivity contribution in [3.05, 3.63) is 58.7 Å². The van der Waals surface area contributed by atoms with E-state index in [-0.39, 0.29) is 5.91 Å². The molecule has 4 aromatic rings.